The zero-order valence-electron chi connectivity index (χ0n) is 19.5. The van der Waals surface area contributed by atoms with Crippen molar-refractivity contribution in [1.82, 2.24) is 5.32 Å². The van der Waals surface area contributed by atoms with Gasteiger partial charge in [0, 0.05) is 16.9 Å². The Morgan fingerprint density at radius 1 is 0.857 bits per heavy atom. The average Bonchev–Trinajstić information content (AvgIpc) is 2.81. The summed E-state index contributed by atoms with van der Waals surface area (Å²) in [5.41, 5.74) is 1.65. The van der Waals surface area contributed by atoms with Crippen molar-refractivity contribution >= 4 is 52.1 Å². The molecule has 0 aliphatic rings. The van der Waals surface area contributed by atoms with Crippen LogP contribution in [0.1, 0.15) is 31.1 Å². The minimum atomic E-state index is -0.750. The van der Waals surface area contributed by atoms with Gasteiger partial charge in [0.05, 0.1) is 11.1 Å². The normalized spacial score (nSPS) is 11.3. The van der Waals surface area contributed by atoms with Crippen LogP contribution >= 0.6 is 23.8 Å². The van der Waals surface area contributed by atoms with Gasteiger partial charge < -0.3 is 20.1 Å². The van der Waals surface area contributed by atoms with Crippen LogP contribution in [0.2, 0.25) is 5.02 Å². The van der Waals surface area contributed by atoms with Crippen LogP contribution in [0.25, 0.3) is 0 Å². The van der Waals surface area contributed by atoms with Crippen molar-refractivity contribution in [2.24, 2.45) is 0 Å². The maximum atomic E-state index is 12.5. The summed E-state index contributed by atoms with van der Waals surface area (Å²) in [6.45, 7) is 5.47. The average molecular weight is 512 g/mol. The van der Waals surface area contributed by atoms with E-state index in [1.807, 2.05) is 13.8 Å². The molecular formula is C26H26ClN3O4S. The van der Waals surface area contributed by atoms with Crippen LogP contribution in [-0.2, 0) is 4.79 Å². The number of hydrogen-bond acceptors (Lipinski definition) is 5. The molecule has 1 atom stereocenters. The molecule has 0 aliphatic heterocycles. The number of ether oxygens (including phenoxy) is 2. The molecule has 182 valence electrons. The molecule has 7 nitrogen and oxygen atoms in total. The zero-order chi connectivity index (χ0) is 25.4. The van der Waals surface area contributed by atoms with Gasteiger partial charge in [0.15, 0.2) is 11.2 Å². The van der Waals surface area contributed by atoms with Crippen molar-refractivity contribution in [3.8, 4) is 11.5 Å². The second-order valence-corrected chi connectivity index (χ2v) is 8.68. The molecular weight excluding hydrogens is 486 g/mol. The molecule has 9 heteroatoms. The zero-order valence-corrected chi connectivity index (χ0v) is 21.1. The lowest BCUT2D eigenvalue weighted by Gasteiger charge is -2.16. The number of rotatable bonds is 8. The Balaban J connectivity index is 1.51. The van der Waals surface area contributed by atoms with Crippen LogP contribution < -0.4 is 25.4 Å². The molecule has 0 radical (unpaired) electrons. The Bertz CT molecular complexity index is 1200. The monoisotopic (exact) mass is 511 g/mol. The lowest BCUT2D eigenvalue weighted by molar-refractivity contribution is -0.122. The summed E-state index contributed by atoms with van der Waals surface area (Å²) in [5.74, 6) is 0.368. The number of amides is 2. The molecule has 3 N–H and O–H groups in total. The maximum absolute atomic E-state index is 12.5. The maximum Gasteiger partial charge on any atom is 0.265 e. The number of carbonyl (C=O) groups excluding carboxylic acids is 2. The lowest BCUT2D eigenvalue weighted by Crippen LogP contribution is -2.34. The van der Waals surface area contributed by atoms with Crippen molar-refractivity contribution < 1.29 is 19.1 Å². The van der Waals surface area contributed by atoms with Crippen molar-refractivity contribution in [1.29, 1.82) is 0 Å². The highest BCUT2D eigenvalue weighted by atomic mass is 35.5. The molecule has 2 amide bonds. The molecule has 0 fully saturated rings. The van der Waals surface area contributed by atoms with Gasteiger partial charge in [-0.1, -0.05) is 29.8 Å². The van der Waals surface area contributed by atoms with Gasteiger partial charge in [-0.05, 0) is 87.6 Å². The standard InChI is InChI=1S/C26H26ClN3O4S/c1-16(2)33-21-8-6-7-18(15-21)25(32)30-26(35)29-20-13-11-19(12-14-20)28-24(31)17(3)34-23-10-5-4-9-22(23)27/h4-17H,1-3H3,(H,28,31)(H2,29,30,32,35). The van der Waals surface area contributed by atoms with E-state index in [4.69, 9.17) is 33.3 Å². The van der Waals surface area contributed by atoms with Crippen LogP contribution in [-0.4, -0.2) is 29.1 Å². The minimum absolute atomic E-state index is 0.00177. The fourth-order valence-corrected chi connectivity index (χ4v) is 3.38. The molecule has 0 spiro atoms. The highest BCUT2D eigenvalue weighted by Gasteiger charge is 2.16. The van der Waals surface area contributed by atoms with Crippen molar-refractivity contribution in [2.75, 3.05) is 10.6 Å². The topological polar surface area (TPSA) is 88.7 Å². The summed E-state index contributed by atoms with van der Waals surface area (Å²) in [6, 6.07) is 20.7. The minimum Gasteiger partial charge on any atom is -0.491 e. The van der Waals surface area contributed by atoms with Gasteiger partial charge in [0.2, 0.25) is 0 Å². The summed E-state index contributed by atoms with van der Waals surface area (Å²) in [4.78, 5) is 25.0. The first kappa shape index (κ1) is 26.0. The Morgan fingerprint density at radius 3 is 2.17 bits per heavy atom. The molecule has 1 unspecified atom stereocenters. The van der Waals surface area contributed by atoms with Crippen LogP contribution in [0.4, 0.5) is 11.4 Å². The van der Waals surface area contributed by atoms with E-state index in [2.05, 4.69) is 16.0 Å². The third-order valence-electron chi connectivity index (χ3n) is 4.62. The van der Waals surface area contributed by atoms with E-state index in [-0.39, 0.29) is 23.0 Å². The van der Waals surface area contributed by atoms with Gasteiger partial charge in [0.25, 0.3) is 11.8 Å². The van der Waals surface area contributed by atoms with Gasteiger partial charge >= 0.3 is 0 Å². The van der Waals surface area contributed by atoms with Gasteiger partial charge in [-0.15, -0.1) is 0 Å². The van der Waals surface area contributed by atoms with Gasteiger partial charge in [-0.2, -0.15) is 0 Å². The Morgan fingerprint density at radius 2 is 1.51 bits per heavy atom. The summed E-state index contributed by atoms with van der Waals surface area (Å²) >= 11 is 11.3. The van der Waals surface area contributed by atoms with Crippen LogP contribution in [0, 0.1) is 0 Å². The Kier molecular flexibility index (Phi) is 9.05. The second-order valence-electron chi connectivity index (χ2n) is 7.86. The number of benzene rings is 3. The number of nitrogens with one attached hydrogen (secondary N) is 3. The number of anilines is 2. The summed E-state index contributed by atoms with van der Waals surface area (Å²) in [6.07, 6.45) is -0.748. The molecule has 3 rings (SSSR count). The van der Waals surface area contributed by atoms with E-state index < -0.39 is 6.10 Å². The SMILES string of the molecule is CC(C)Oc1cccc(C(=O)NC(=S)Nc2ccc(NC(=O)C(C)Oc3ccccc3Cl)cc2)c1. The van der Waals surface area contributed by atoms with Crippen molar-refractivity contribution in [3.63, 3.8) is 0 Å². The van der Waals surface area contributed by atoms with E-state index >= 15 is 0 Å². The summed E-state index contributed by atoms with van der Waals surface area (Å²) in [5, 5.41) is 8.95. The highest BCUT2D eigenvalue weighted by molar-refractivity contribution is 7.80. The number of halogens is 1. The molecule has 0 aliphatic carbocycles. The van der Waals surface area contributed by atoms with Crippen LogP contribution in [0.3, 0.4) is 0 Å². The van der Waals surface area contributed by atoms with Crippen LogP contribution in [0.15, 0.2) is 72.8 Å². The molecule has 0 bridgehead atoms. The van der Waals surface area contributed by atoms with E-state index in [9.17, 15) is 9.59 Å². The third kappa shape index (κ3) is 7.98. The van der Waals surface area contributed by atoms with Gasteiger partial charge in [0.1, 0.15) is 11.5 Å². The number of hydrogen-bond donors (Lipinski definition) is 3. The largest absolute Gasteiger partial charge is 0.491 e. The summed E-state index contributed by atoms with van der Waals surface area (Å²) in [7, 11) is 0. The quantitative estimate of drug-likeness (QED) is 0.338. The Hall–Kier alpha value is -3.62. The molecule has 3 aromatic rings. The molecule has 0 aromatic heterocycles. The fraction of sp³-hybridized carbons (Fsp3) is 0.192. The number of carbonyl (C=O) groups is 2. The number of thiocarbonyl (C=S) groups is 1. The van der Waals surface area contributed by atoms with E-state index in [0.29, 0.717) is 33.5 Å². The van der Waals surface area contributed by atoms with E-state index in [1.54, 1.807) is 79.7 Å². The highest BCUT2D eigenvalue weighted by Crippen LogP contribution is 2.24. The van der Waals surface area contributed by atoms with Crippen molar-refractivity contribution in [2.45, 2.75) is 33.0 Å². The molecule has 0 heterocycles. The predicted molar refractivity (Wildman–Crippen MR) is 143 cm³/mol. The fourth-order valence-electron chi connectivity index (χ4n) is 2.99. The van der Waals surface area contributed by atoms with E-state index in [1.165, 1.54) is 0 Å². The predicted octanol–water partition coefficient (Wildman–Crippen LogP) is 5.66. The molecule has 0 saturated carbocycles. The lowest BCUT2D eigenvalue weighted by atomic mass is 10.2. The first-order chi connectivity index (χ1) is 16.7. The second kappa shape index (κ2) is 12.2. The first-order valence-corrected chi connectivity index (χ1v) is 11.7. The van der Waals surface area contributed by atoms with Crippen molar-refractivity contribution in [3.05, 3.63) is 83.4 Å². The first-order valence-electron chi connectivity index (χ1n) is 10.9. The number of para-hydroxylation sites is 1. The van der Waals surface area contributed by atoms with Crippen LogP contribution in [0.5, 0.6) is 11.5 Å². The summed E-state index contributed by atoms with van der Waals surface area (Å²) < 4.78 is 11.3. The molecule has 35 heavy (non-hydrogen) atoms. The molecule has 0 saturated heterocycles. The smallest absolute Gasteiger partial charge is 0.265 e. The van der Waals surface area contributed by atoms with Gasteiger partial charge in [-0.3, -0.25) is 14.9 Å². The van der Waals surface area contributed by atoms with E-state index in [0.717, 1.165) is 0 Å². The third-order valence-corrected chi connectivity index (χ3v) is 5.13. The molecule has 3 aromatic carbocycles. The Labute approximate surface area is 214 Å². The van der Waals surface area contributed by atoms with Gasteiger partial charge in [-0.25, -0.2) is 0 Å².